The van der Waals surface area contributed by atoms with Crippen molar-refractivity contribution in [1.29, 1.82) is 5.41 Å². The van der Waals surface area contributed by atoms with Gasteiger partial charge in [0, 0.05) is 18.2 Å². The third-order valence-corrected chi connectivity index (χ3v) is 1.87. The first-order valence-corrected chi connectivity index (χ1v) is 4.17. The van der Waals surface area contributed by atoms with Crippen molar-refractivity contribution in [3.63, 3.8) is 0 Å². The maximum Gasteiger partial charge on any atom is 0.303 e. The first-order valence-electron chi connectivity index (χ1n) is 4.17. The molecule has 0 aromatic heterocycles. The summed E-state index contributed by atoms with van der Waals surface area (Å²) in [4.78, 5) is 10.3. The summed E-state index contributed by atoms with van der Waals surface area (Å²) < 4.78 is 0. The Morgan fingerprint density at radius 3 is 2.79 bits per heavy atom. The number of benzene rings is 1. The van der Waals surface area contributed by atoms with Crippen LogP contribution >= 0.6 is 0 Å². The van der Waals surface area contributed by atoms with Gasteiger partial charge in [-0.3, -0.25) is 4.79 Å². The zero-order chi connectivity index (χ0) is 10.6. The third kappa shape index (κ3) is 2.58. The van der Waals surface area contributed by atoms with Crippen molar-refractivity contribution >= 4 is 12.2 Å². The fraction of sp³-hybridized carbons (Fsp3) is 0.200. The lowest BCUT2D eigenvalue weighted by atomic mass is 10.1. The molecule has 1 rings (SSSR count). The highest BCUT2D eigenvalue weighted by Gasteiger charge is 2.02. The molecule has 0 fully saturated rings. The van der Waals surface area contributed by atoms with Gasteiger partial charge >= 0.3 is 5.97 Å². The second-order valence-electron chi connectivity index (χ2n) is 2.93. The lowest BCUT2D eigenvalue weighted by Crippen LogP contribution is -1.97. The summed E-state index contributed by atoms with van der Waals surface area (Å²) in [6.07, 6.45) is 1.51. The van der Waals surface area contributed by atoms with Gasteiger partial charge in [-0.25, -0.2) is 0 Å². The van der Waals surface area contributed by atoms with E-state index in [9.17, 15) is 9.90 Å². The van der Waals surface area contributed by atoms with Gasteiger partial charge in [0.05, 0.1) is 0 Å². The number of carbonyl (C=O) groups is 1. The van der Waals surface area contributed by atoms with E-state index < -0.39 is 5.97 Å². The Morgan fingerprint density at radius 1 is 1.50 bits per heavy atom. The van der Waals surface area contributed by atoms with Crippen molar-refractivity contribution in [3.05, 3.63) is 29.3 Å². The molecule has 0 aliphatic rings. The molecular formula is C10H11NO3. The van der Waals surface area contributed by atoms with Gasteiger partial charge in [-0.05, 0) is 24.1 Å². The highest BCUT2D eigenvalue weighted by atomic mass is 16.4. The van der Waals surface area contributed by atoms with Crippen LogP contribution in [0.1, 0.15) is 17.5 Å². The number of aliphatic carboxylic acids is 1. The molecule has 14 heavy (non-hydrogen) atoms. The van der Waals surface area contributed by atoms with Crippen LogP contribution in [0.4, 0.5) is 0 Å². The number of nitrogens with one attached hydrogen (secondary N) is 1. The second-order valence-corrected chi connectivity index (χ2v) is 2.93. The number of carboxylic acid groups (broad SMARTS) is 1. The average Bonchev–Trinajstić information content (AvgIpc) is 2.16. The van der Waals surface area contributed by atoms with E-state index in [1.54, 1.807) is 12.1 Å². The van der Waals surface area contributed by atoms with E-state index in [1.165, 1.54) is 6.07 Å². The minimum absolute atomic E-state index is 0.0408. The molecule has 4 heteroatoms. The van der Waals surface area contributed by atoms with Gasteiger partial charge < -0.3 is 15.6 Å². The Labute approximate surface area is 81.3 Å². The number of aryl methyl sites for hydroxylation is 1. The highest BCUT2D eigenvalue weighted by Crippen LogP contribution is 2.17. The zero-order valence-corrected chi connectivity index (χ0v) is 7.53. The highest BCUT2D eigenvalue weighted by molar-refractivity contribution is 5.81. The van der Waals surface area contributed by atoms with E-state index >= 15 is 0 Å². The molecule has 0 radical (unpaired) electrons. The molecule has 1 aromatic rings. The monoisotopic (exact) mass is 193 g/mol. The number of phenols is 1. The van der Waals surface area contributed by atoms with Crippen LogP contribution in [0.25, 0.3) is 0 Å². The molecule has 74 valence electrons. The van der Waals surface area contributed by atoms with Crippen molar-refractivity contribution in [3.8, 4) is 5.75 Å². The maximum atomic E-state index is 10.3. The normalized spacial score (nSPS) is 9.71. The van der Waals surface area contributed by atoms with Crippen LogP contribution in [-0.4, -0.2) is 22.4 Å². The van der Waals surface area contributed by atoms with Crippen LogP contribution in [0.2, 0.25) is 0 Å². The Morgan fingerprint density at radius 2 is 2.21 bits per heavy atom. The van der Waals surface area contributed by atoms with E-state index in [0.29, 0.717) is 12.0 Å². The van der Waals surface area contributed by atoms with Crippen LogP contribution in [0.3, 0.4) is 0 Å². The number of phenolic OH excluding ortho intramolecular Hbond substituents is 1. The van der Waals surface area contributed by atoms with Crippen LogP contribution in [0.5, 0.6) is 5.75 Å². The largest absolute Gasteiger partial charge is 0.507 e. The molecule has 0 amide bonds. The molecular weight excluding hydrogens is 182 g/mol. The Kier molecular flexibility index (Phi) is 3.23. The Hall–Kier alpha value is -1.84. The molecule has 0 saturated heterocycles. The van der Waals surface area contributed by atoms with Gasteiger partial charge in [0.1, 0.15) is 5.75 Å². The van der Waals surface area contributed by atoms with Crippen LogP contribution < -0.4 is 0 Å². The predicted octanol–water partition coefficient (Wildman–Crippen LogP) is 1.41. The fourth-order valence-electron chi connectivity index (χ4n) is 1.13. The van der Waals surface area contributed by atoms with Crippen LogP contribution in [-0.2, 0) is 11.2 Å². The van der Waals surface area contributed by atoms with Crippen LogP contribution in [0.15, 0.2) is 18.2 Å². The summed E-state index contributed by atoms with van der Waals surface area (Å²) in [5.74, 6) is -0.812. The first kappa shape index (κ1) is 10.2. The standard InChI is InChI=1S/C10H11NO3/c11-6-8-5-7(1-3-9(8)12)2-4-10(13)14/h1,3,5-6,11-12H,2,4H2,(H,13,14). The van der Waals surface area contributed by atoms with Gasteiger partial charge in [-0.1, -0.05) is 6.07 Å². The summed E-state index contributed by atoms with van der Waals surface area (Å²) in [5, 5.41) is 24.7. The van der Waals surface area contributed by atoms with E-state index in [1.807, 2.05) is 0 Å². The minimum Gasteiger partial charge on any atom is -0.507 e. The lowest BCUT2D eigenvalue weighted by molar-refractivity contribution is -0.136. The number of hydrogen-bond donors (Lipinski definition) is 3. The molecule has 0 bridgehead atoms. The number of aromatic hydroxyl groups is 1. The molecule has 1 aromatic carbocycles. The fourth-order valence-corrected chi connectivity index (χ4v) is 1.13. The molecule has 0 spiro atoms. The maximum absolute atomic E-state index is 10.3. The van der Waals surface area contributed by atoms with E-state index in [-0.39, 0.29) is 12.2 Å². The zero-order valence-electron chi connectivity index (χ0n) is 7.53. The number of carboxylic acids is 1. The second kappa shape index (κ2) is 4.41. The summed E-state index contributed by atoms with van der Waals surface area (Å²) in [7, 11) is 0. The minimum atomic E-state index is -0.852. The summed E-state index contributed by atoms with van der Waals surface area (Å²) >= 11 is 0. The molecule has 0 aliphatic carbocycles. The molecule has 0 heterocycles. The van der Waals surface area contributed by atoms with E-state index in [2.05, 4.69) is 0 Å². The van der Waals surface area contributed by atoms with Gasteiger partial charge in [0.15, 0.2) is 0 Å². The van der Waals surface area contributed by atoms with E-state index in [0.717, 1.165) is 11.8 Å². The SMILES string of the molecule is N=Cc1cc(CCC(=O)O)ccc1O. The van der Waals surface area contributed by atoms with Gasteiger partial charge in [-0.15, -0.1) is 0 Å². The number of rotatable bonds is 4. The Balaban J connectivity index is 2.79. The van der Waals surface area contributed by atoms with Crippen molar-refractivity contribution in [2.75, 3.05) is 0 Å². The van der Waals surface area contributed by atoms with E-state index in [4.69, 9.17) is 10.5 Å². The van der Waals surface area contributed by atoms with Crippen molar-refractivity contribution in [2.45, 2.75) is 12.8 Å². The third-order valence-electron chi connectivity index (χ3n) is 1.87. The first-order chi connectivity index (χ1) is 6.63. The molecule has 0 atom stereocenters. The van der Waals surface area contributed by atoms with Gasteiger partial charge in [0.2, 0.25) is 0 Å². The molecule has 4 nitrogen and oxygen atoms in total. The molecule has 3 N–H and O–H groups in total. The average molecular weight is 193 g/mol. The number of hydrogen-bond acceptors (Lipinski definition) is 3. The summed E-state index contributed by atoms with van der Waals surface area (Å²) in [5.41, 5.74) is 1.22. The summed E-state index contributed by atoms with van der Waals surface area (Å²) in [6, 6.07) is 4.74. The lowest BCUT2D eigenvalue weighted by Gasteiger charge is -2.02. The smallest absolute Gasteiger partial charge is 0.303 e. The van der Waals surface area contributed by atoms with Crippen LogP contribution in [0, 0.1) is 5.41 Å². The van der Waals surface area contributed by atoms with Crippen molar-refractivity contribution < 1.29 is 15.0 Å². The quantitative estimate of drug-likeness (QED) is 0.632. The Bertz CT molecular complexity index is 360. The molecule has 0 aliphatic heterocycles. The van der Waals surface area contributed by atoms with Gasteiger partial charge in [0.25, 0.3) is 0 Å². The molecule has 0 unspecified atom stereocenters. The summed E-state index contributed by atoms with van der Waals surface area (Å²) in [6.45, 7) is 0. The topological polar surface area (TPSA) is 81.4 Å². The molecule has 0 saturated carbocycles. The predicted molar refractivity (Wildman–Crippen MR) is 51.9 cm³/mol. The van der Waals surface area contributed by atoms with Crippen molar-refractivity contribution in [2.24, 2.45) is 0 Å². The van der Waals surface area contributed by atoms with Crippen molar-refractivity contribution in [1.82, 2.24) is 0 Å². The van der Waals surface area contributed by atoms with Gasteiger partial charge in [-0.2, -0.15) is 0 Å².